The number of halogens is 4. The van der Waals surface area contributed by atoms with Gasteiger partial charge < -0.3 is 24.8 Å². The Bertz CT molecular complexity index is 844. The summed E-state index contributed by atoms with van der Waals surface area (Å²) >= 11 is 6.14. The second-order valence-corrected chi connectivity index (χ2v) is 6.24. The van der Waals surface area contributed by atoms with E-state index in [1.54, 1.807) is 12.1 Å². The van der Waals surface area contributed by atoms with Gasteiger partial charge in [-0.1, -0.05) is 23.7 Å². The summed E-state index contributed by atoms with van der Waals surface area (Å²) in [4.78, 5) is 11.9. The fraction of sp³-hybridized carbons (Fsp3) is 0.278. The number of alkyl halides is 3. The van der Waals surface area contributed by atoms with Crippen LogP contribution >= 0.6 is 11.6 Å². The van der Waals surface area contributed by atoms with Crippen molar-refractivity contribution in [3.8, 4) is 17.2 Å². The Kier molecular flexibility index (Phi) is 6.03. The van der Waals surface area contributed by atoms with Crippen molar-refractivity contribution in [1.29, 1.82) is 0 Å². The number of benzene rings is 2. The van der Waals surface area contributed by atoms with Gasteiger partial charge in [0.25, 0.3) is 0 Å². The zero-order valence-corrected chi connectivity index (χ0v) is 15.2. The number of hydrogen-bond donors (Lipinski definition) is 2. The molecule has 0 atom stereocenters. The van der Waals surface area contributed by atoms with Crippen LogP contribution in [0.2, 0.25) is 5.02 Å². The van der Waals surface area contributed by atoms with Crippen molar-refractivity contribution in [3.63, 3.8) is 0 Å². The molecule has 0 saturated heterocycles. The Balaban J connectivity index is 1.48. The highest BCUT2D eigenvalue weighted by atomic mass is 35.5. The average Bonchev–Trinajstić information content (AvgIpc) is 2.65. The fourth-order valence-corrected chi connectivity index (χ4v) is 2.79. The maximum atomic E-state index is 12.1. The van der Waals surface area contributed by atoms with Crippen molar-refractivity contribution in [2.45, 2.75) is 19.5 Å². The van der Waals surface area contributed by atoms with Crippen molar-refractivity contribution in [1.82, 2.24) is 10.6 Å². The van der Waals surface area contributed by atoms with Crippen LogP contribution in [0.25, 0.3) is 0 Å². The highest BCUT2D eigenvalue weighted by Crippen LogP contribution is 2.38. The van der Waals surface area contributed by atoms with E-state index in [-0.39, 0.29) is 18.8 Å². The molecule has 0 radical (unpaired) electrons. The van der Waals surface area contributed by atoms with Gasteiger partial charge in [-0.2, -0.15) is 0 Å². The molecule has 2 amide bonds. The molecular formula is C18H16ClF3N2O4. The minimum Gasteiger partial charge on any atom is -0.486 e. The lowest BCUT2D eigenvalue weighted by molar-refractivity contribution is -0.274. The topological polar surface area (TPSA) is 68.8 Å². The van der Waals surface area contributed by atoms with E-state index >= 15 is 0 Å². The molecule has 10 heteroatoms. The minimum absolute atomic E-state index is 0.139. The number of carbonyl (C=O) groups excluding carboxylic acids is 1. The number of amides is 2. The quantitative estimate of drug-likeness (QED) is 0.772. The Morgan fingerprint density at radius 2 is 1.68 bits per heavy atom. The molecule has 2 aromatic carbocycles. The summed E-state index contributed by atoms with van der Waals surface area (Å²) in [6.07, 6.45) is -4.74. The van der Waals surface area contributed by atoms with Crippen molar-refractivity contribution in [3.05, 3.63) is 52.5 Å². The van der Waals surface area contributed by atoms with Gasteiger partial charge in [-0.25, -0.2) is 4.79 Å². The van der Waals surface area contributed by atoms with Gasteiger partial charge in [0.15, 0.2) is 11.5 Å². The number of rotatable bonds is 5. The summed E-state index contributed by atoms with van der Waals surface area (Å²) in [7, 11) is 0. The maximum Gasteiger partial charge on any atom is 0.573 e. The van der Waals surface area contributed by atoms with Crippen LogP contribution in [0.5, 0.6) is 17.2 Å². The van der Waals surface area contributed by atoms with Crippen molar-refractivity contribution in [2.24, 2.45) is 0 Å². The van der Waals surface area contributed by atoms with Crippen LogP contribution in [-0.4, -0.2) is 25.6 Å². The first-order valence-electron chi connectivity index (χ1n) is 8.24. The lowest BCUT2D eigenvalue weighted by Crippen LogP contribution is -2.34. The molecule has 1 aliphatic rings. The van der Waals surface area contributed by atoms with Crippen LogP contribution in [0.1, 0.15) is 11.1 Å². The normalized spacial score (nSPS) is 13.0. The van der Waals surface area contributed by atoms with Gasteiger partial charge >= 0.3 is 12.4 Å². The van der Waals surface area contributed by atoms with E-state index < -0.39 is 12.4 Å². The third-order valence-electron chi connectivity index (χ3n) is 3.72. The zero-order valence-electron chi connectivity index (χ0n) is 14.4. The van der Waals surface area contributed by atoms with Crippen LogP contribution in [-0.2, 0) is 13.1 Å². The van der Waals surface area contributed by atoms with E-state index in [0.717, 1.165) is 5.56 Å². The van der Waals surface area contributed by atoms with Gasteiger partial charge in [0.2, 0.25) is 0 Å². The summed E-state index contributed by atoms with van der Waals surface area (Å²) in [5.74, 6) is 0.687. The Morgan fingerprint density at radius 1 is 1.04 bits per heavy atom. The second-order valence-electron chi connectivity index (χ2n) is 5.83. The SMILES string of the molecule is O=C(NCc1ccc(OC(F)(F)F)cc1)NCc1cc(Cl)c2c(c1)OCCO2. The Morgan fingerprint density at radius 3 is 2.36 bits per heavy atom. The highest BCUT2D eigenvalue weighted by Gasteiger charge is 2.30. The number of fused-ring (bicyclic) bond motifs is 1. The summed E-state index contributed by atoms with van der Waals surface area (Å²) in [5.41, 5.74) is 1.35. The van der Waals surface area contributed by atoms with E-state index in [0.29, 0.717) is 35.3 Å². The van der Waals surface area contributed by atoms with E-state index in [2.05, 4.69) is 15.4 Å². The number of ether oxygens (including phenoxy) is 3. The molecule has 2 N–H and O–H groups in total. The highest BCUT2D eigenvalue weighted by molar-refractivity contribution is 6.32. The number of nitrogens with one attached hydrogen (secondary N) is 2. The smallest absolute Gasteiger partial charge is 0.486 e. The first kappa shape index (κ1) is 19.9. The van der Waals surface area contributed by atoms with E-state index in [1.165, 1.54) is 24.3 Å². The van der Waals surface area contributed by atoms with Crippen LogP contribution in [0.15, 0.2) is 36.4 Å². The molecular weight excluding hydrogens is 401 g/mol. The zero-order chi connectivity index (χ0) is 20.1. The third kappa shape index (κ3) is 5.59. The van der Waals surface area contributed by atoms with E-state index in [9.17, 15) is 18.0 Å². The molecule has 0 aromatic heterocycles. The van der Waals surface area contributed by atoms with E-state index in [4.69, 9.17) is 21.1 Å². The molecule has 0 aliphatic carbocycles. The summed E-state index contributed by atoms with van der Waals surface area (Å²) in [5, 5.41) is 5.68. The molecule has 0 saturated carbocycles. The third-order valence-corrected chi connectivity index (χ3v) is 4.00. The van der Waals surface area contributed by atoms with Crippen LogP contribution in [0, 0.1) is 0 Å². The van der Waals surface area contributed by atoms with Crippen LogP contribution < -0.4 is 24.8 Å². The maximum absolute atomic E-state index is 12.1. The molecule has 2 aromatic rings. The molecule has 28 heavy (non-hydrogen) atoms. The Labute approximate surface area is 163 Å². The van der Waals surface area contributed by atoms with Gasteiger partial charge in [-0.3, -0.25) is 0 Å². The van der Waals surface area contributed by atoms with Crippen molar-refractivity contribution >= 4 is 17.6 Å². The van der Waals surface area contributed by atoms with E-state index in [1.807, 2.05) is 0 Å². The number of hydrogen-bond acceptors (Lipinski definition) is 4. The van der Waals surface area contributed by atoms with Gasteiger partial charge in [0.05, 0.1) is 5.02 Å². The number of urea groups is 1. The lowest BCUT2D eigenvalue weighted by atomic mass is 10.2. The molecule has 3 rings (SSSR count). The van der Waals surface area contributed by atoms with Crippen molar-refractivity contribution in [2.75, 3.05) is 13.2 Å². The Hall–Kier alpha value is -2.81. The molecule has 0 spiro atoms. The van der Waals surface area contributed by atoms with Gasteiger partial charge in [-0.15, -0.1) is 13.2 Å². The molecule has 0 fully saturated rings. The molecule has 0 bridgehead atoms. The minimum atomic E-state index is -4.74. The van der Waals surface area contributed by atoms with Crippen LogP contribution in [0.3, 0.4) is 0 Å². The first-order valence-corrected chi connectivity index (χ1v) is 8.62. The lowest BCUT2D eigenvalue weighted by Gasteiger charge is -2.20. The van der Waals surface area contributed by atoms with Gasteiger partial charge in [0.1, 0.15) is 19.0 Å². The molecule has 1 aliphatic heterocycles. The summed E-state index contributed by atoms with van der Waals surface area (Å²) in [6.45, 7) is 1.20. The fourth-order valence-electron chi connectivity index (χ4n) is 2.50. The molecule has 1 heterocycles. The monoisotopic (exact) mass is 416 g/mol. The average molecular weight is 417 g/mol. The molecule has 0 unspecified atom stereocenters. The van der Waals surface area contributed by atoms with Crippen molar-refractivity contribution < 1.29 is 32.2 Å². The second kappa shape index (κ2) is 8.47. The predicted molar refractivity (Wildman–Crippen MR) is 94.6 cm³/mol. The largest absolute Gasteiger partial charge is 0.573 e. The standard InChI is InChI=1S/C18H16ClF3N2O4/c19-14-7-12(8-15-16(14)27-6-5-26-15)10-24-17(25)23-9-11-1-3-13(4-2-11)28-18(20,21)22/h1-4,7-8H,5-6,9-10H2,(H2,23,24,25). The van der Waals surface area contributed by atoms with Crippen LogP contribution in [0.4, 0.5) is 18.0 Å². The number of carbonyl (C=O) groups is 1. The van der Waals surface area contributed by atoms with Gasteiger partial charge in [-0.05, 0) is 35.4 Å². The predicted octanol–water partition coefficient (Wildman–Crippen LogP) is 4.01. The first-order chi connectivity index (χ1) is 13.3. The molecule has 150 valence electrons. The summed E-state index contributed by atoms with van der Waals surface area (Å²) < 4.78 is 51.1. The summed E-state index contributed by atoms with van der Waals surface area (Å²) in [6, 6.07) is 8.19. The molecule has 6 nitrogen and oxygen atoms in total. The van der Waals surface area contributed by atoms with Gasteiger partial charge in [0, 0.05) is 13.1 Å².